The summed E-state index contributed by atoms with van der Waals surface area (Å²) in [5, 5.41) is 0. The van der Waals surface area contributed by atoms with Gasteiger partial charge in [0, 0.05) is 24.4 Å². The summed E-state index contributed by atoms with van der Waals surface area (Å²) in [6, 6.07) is 1.98. The molecule has 2 heteroatoms. The zero-order valence-corrected chi connectivity index (χ0v) is 12.0. The molecule has 0 radical (unpaired) electrons. The summed E-state index contributed by atoms with van der Waals surface area (Å²) < 4.78 is 1.44. The Morgan fingerprint density at radius 1 is 1.00 bits per heavy atom. The van der Waals surface area contributed by atoms with E-state index in [9.17, 15) is 0 Å². The minimum atomic E-state index is 0.966. The van der Waals surface area contributed by atoms with Gasteiger partial charge in [0.15, 0.2) is 0 Å². The summed E-state index contributed by atoms with van der Waals surface area (Å²) >= 11 is 0. The first-order valence-corrected chi connectivity index (χ1v) is 8.34. The quantitative estimate of drug-likeness (QED) is 0.596. The van der Waals surface area contributed by atoms with E-state index < -0.39 is 0 Å². The lowest BCUT2D eigenvalue weighted by Gasteiger charge is -2.60. The normalized spacial score (nSPS) is 52.5. The van der Waals surface area contributed by atoms with Crippen LogP contribution in [0.2, 0.25) is 0 Å². The number of hydrogen-bond donors (Lipinski definition) is 0. The zero-order chi connectivity index (χ0) is 12.2. The van der Waals surface area contributed by atoms with Gasteiger partial charge >= 0.3 is 0 Å². The summed E-state index contributed by atoms with van der Waals surface area (Å²) in [6.07, 6.45) is 10.5. The van der Waals surface area contributed by atoms with Gasteiger partial charge in [0.05, 0.1) is 26.2 Å². The molecule has 0 aromatic heterocycles. The Labute approximate surface area is 112 Å². The van der Waals surface area contributed by atoms with Crippen molar-refractivity contribution >= 4 is 0 Å². The van der Waals surface area contributed by atoms with E-state index >= 15 is 0 Å². The third kappa shape index (κ3) is 1.68. The van der Waals surface area contributed by atoms with Crippen LogP contribution in [-0.2, 0) is 0 Å². The molecular formula is C16H29N2+. The van der Waals surface area contributed by atoms with E-state index in [-0.39, 0.29) is 0 Å². The lowest BCUT2D eigenvalue weighted by Crippen LogP contribution is -2.70. The van der Waals surface area contributed by atoms with Gasteiger partial charge in [0.2, 0.25) is 0 Å². The Bertz CT molecular complexity index is 329. The smallest absolute Gasteiger partial charge is 0.0929 e. The average Bonchev–Trinajstić information content (AvgIpc) is 2.38. The summed E-state index contributed by atoms with van der Waals surface area (Å²) in [4.78, 5) is 2.89. The molecule has 0 spiro atoms. The van der Waals surface area contributed by atoms with E-state index in [1.165, 1.54) is 69.2 Å². The second kappa shape index (κ2) is 4.21. The first kappa shape index (κ1) is 11.7. The first-order valence-electron chi connectivity index (χ1n) is 8.34. The van der Waals surface area contributed by atoms with E-state index in [0.717, 1.165) is 23.9 Å². The molecule has 0 aromatic carbocycles. The van der Waals surface area contributed by atoms with Crippen molar-refractivity contribution in [3.8, 4) is 0 Å². The first-order chi connectivity index (χ1) is 8.76. The second-order valence-electron chi connectivity index (χ2n) is 7.76. The third-order valence-electron chi connectivity index (χ3n) is 6.70. The minimum Gasteiger partial charge on any atom is -0.323 e. The van der Waals surface area contributed by atoms with Gasteiger partial charge < -0.3 is 4.48 Å². The van der Waals surface area contributed by atoms with Gasteiger partial charge in [-0.3, -0.25) is 4.90 Å². The Morgan fingerprint density at radius 2 is 1.89 bits per heavy atom. The largest absolute Gasteiger partial charge is 0.323 e. The van der Waals surface area contributed by atoms with Gasteiger partial charge in [-0.05, 0) is 45.1 Å². The van der Waals surface area contributed by atoms with Gasteiger partial charge in [-0.15, -0.1) is 0 Å². The standard InChI is InChI=1S/C16H29N2/c1-18-9-5-3-7-16(18)13-10-14(12-18)15-6-2-4-8-17(15)11-13/h13-16H,2-12H2,1H3/q+1/t13-,14-,15+,16+,18+/m0/s1. The van der Waals surface area contributed by atoms with Crippen LogP contribution in [0.15, 0.2) is 0 Å². The van der Waals surface area contributed by atoms with Crippen molar-refractivity contribution in [3.05, 3.63) is 0 Å². The SMILES string of the molecule is C[N@+]12CCCC[C@@H]1[C@H]1C[C@@H](C2)[C@H]2CCCCN2C1. The highest BCUT2D eigenvalue weighted by Gasteiger charge is 2.53. The van der Waals surface area contributed by atoms with Crippen LogP contribution in [0.4, 0.5) is 0 Å². The van der Waals surface area contributed by atoms with Crippen LogP contribution in [0.1, 0.15) is 44.9 Å². The number of rotatable bonds is 0. The van der Waals surface area contributed by atoms with Crippen molar-refractivity contribution in [1.29, 1.82) is 0 Å². The fourth-order valence-electron chi connectivity index (χ4n) is 5.99. The van der Waals surface area contributed by atoms with Crippen LogP contribution < -0.4 is 0 Å². The molecule has 2 bridgehead atoms. The van der Waals surface area contributed by atoms with Gasteiger partial charge in [0.1, 0.15) is 0 Å². The van der Waals surface area contributed by atoms with Crippen LogP contribution >= 0.6 is 0 Å². The monoisotopic (exact) mass is 249 g/mol. The maximum Gasteiger partial charge on any atom is 0.0929 e. The van der Waals surface area contributed by atoms with E-state index in [2.05, 4.69) is 11.9 Å². The van der Waals surface area contributed by atoms with Gasteiger partial charge in [-0.1, -0.05) is 6.42 Å². The second-order valence-corrected chi connectivity index (χ2v) is 7.76. The summed E-state index contributed by atoms with van der Waals surface area (Å²) in [6.45, 7) is 5.83. The lowest BCUT2D eigenvalue weighted by molar-refractivity contribution is -0.951. The Balaban J connectivity index is 1.61. The van der Waals surface area contributed by atoms with Crippen LogP contribution in [0.5, 0.6) is 0 Å². The number of fused-ring (bicyclic) bond motifs is 6. The molecule has 4 fully saturated rings. The fourth-order valence-corrected chi connectivity index (χ4v) is 5.99. The van der Waals surface area contributed by atoms with Gasteiger partial charge in [0.25, 0.3) is 0 Å². The van der Waals surface area contributed by atoms with Crippen molar-refractivity contribution in [2.75, 3.05) is 33.2 Å². The fraction of sp³-hybridized carbons (Fsp3) is 1.00. The maximum absolute atomic E-state index is 2.89. The van der Waals surface area contributed by atoms with Gasteiger partial charge in [-0.25, -0.2) is 0 Å². The number of nitrogens with zero attached hydrogens (tertiary/aromatic N) is 2. The predicted molar refractivity (Wildman–Crippen MR) is 74.4 cm³/mol. The molecule has 18 heavy (non-hydrogen) atoms. The molecule has 4 heterocycles. The zero-order valence-electron chi connectivity index (χ0n) is 12.0. The molecule has 0 unspecified atom stereocenters. The molecule has 0 amide bonds. The van der Waals surface area contributed by atoms with Crippen LogP contribution in [0.3, 0.4) is 0 Å². The molecule has 0 aromatic rings. The summed E-state index contributed by atoms with van der Waals surface area (Å²) in [7, 11) is 2.58. The van der Waals surface area contributed by atoms with E-state index in [4.69, 9.17) is 0 Å². The van der Waals surface area contributed by atoms with Crippen molar-refractivity contribution in [3.63, 3.8) is 0 Å². The molecule has 0 saturated carbocycles. The third-order valence-corrected chi connectivity index (χ3v) is 6.70. The molecule has 0 aliphatic carbocycles. The van der Waals surface area contributed by atoms with Crippen molar-refractivity contribution in [2.45, 2.75) is 57.0 Å². The Morgan fingerprint density at radius 3 is 2.83 bits per heavy atom. The molecule has 2 nitrogen and oxygen atoms in total. The molecule has 0 N–H and O–H groups in total. The van der Waals surface area contributed by atoms with Crippen LogP contribution in [0.25, 0.3) is 0 Å². The summed E-state index contributed by atoms with van der Waals surface area (Å²) in [5.74, 6) is 2.06. The minimum absolute atomic E-state index is 0.966. The Kier molecular flexibility index (Phi) is 2.74. The Hall–Kier alpha value is -0.0800. The highest BCUT2D eigenvalue weighted by molar-refractivity contribution is 4.96. The van der Waals surface area contributed by atoms with Crippen molar-refractivity contribution in [1.82, 2.24) is 4.90 Å². The van der Waals surface area contributed by atoms with Crippen molar-refractivity contribution in [2.24, 2.45) is 11.8 Å². The highest BCUT2D eigenvalue weighted by atomic mass is 15.4. The number of hydrogen-bond acceptors (Lipinski definition) is 1. The van der Waals surface area contributed by atoms with E-state index in [1.807, 2.05) is 0 Å². The topological polar surface area (TPSA) is 3.24 Å². The molecule has 4 aliphatic heterocycles. The van der Waals surface area contributed by atoms with Crippen LogP contribution in [0, 0.1) is 11.8 Å². The molecule has 4 aliphatic rings. The highest BCUT2D eigenvalue weighted by Crippen LogP contribution is 2.45. The maximum atomic E-state index is 2.89. The molecule has 4 saturated heterocycles. The number of piperidine rings is 4. The average molecular weight is 249 g/mol. The van der Waals surface area contributed by atoms with E-state index in [0.29, 0.717) is 0 Å². The predicted octanol–water partition coefficient (Wildman–Crippen LogP) is 2.49. The van der Waals surface area contributed by atoms with E-state index in [1.54, 1.807) is 6.42 Å². The van der Waals surface area contributed by atoms with Crippen LogP contribution in [-0.4, -0.2) is 54.7 Å². The van der Waals surface area contributed by atoms with Gasteiger partial charge in [-0.2, -0.15) is 0 Å². The molecule has 102 valence electrons. The lowest BCUT2D eigenvalue weighted by atomic mass is 9.70. The molecule has 5 atom stereocenters. The summed E-state index contributed by atoms with van der Waals surface area (Å²) in [5.41, 5.74) is 0. The van der Waals surface area contributed by atoms with Crippen molar-refractivity contribution < 1.29 is 4.48 Å². The number of quaternary nitrogens is 1. The molecule has 4 rings (SSSR count). The molecular weight excluding hydrogens is 220 g/mol.